The van der Waals surface area contributed by atoms with Gasteiger partial charge in [-0.05, 0) is 48.2 Å². The summed E-state index contributed by atoms with van der Waals surface area (Å²) in [4.78, 5) is 24.2. The second-order valence-electron chi connectivity index (χ2n) is 5.40. The fourth-order valence-corrected chi connectivity index (χ4v) is 2.17. The maximum absolute atomic E-state index is 13.2. The quantitative estimate of drug-likeness (QED) is 0.801. The smallest absolute Gasteiger partial charge is 0.294 e. The number of anilines is 1. The summed E-state index contributed by atoms with van der Waals surface area (Å²) >= 11 is 0. The van der Waals surface area contributed by atoms with Gasteiger partial charge >= 0.3 is 0 Å². The normalized spacial score (nSPS) is 10.4. The molecule has 0 aliphatic heterocycles. The Hall–Kier alpha value is -3.15. The van der Waals surface area contributed by atoms with Crippen LogP contribution in [0.1, 0.15) is 27.3 Å². The third-order valence-electron chi connectivity index (χ3n) is 3.35. The third kappa shape index (κ3) is 3.98. The predicted octanol–water partition coefficient (Wildman–Crippen LogP) is 3.16. The first-order valence-electron chi connectivity index (χ1n) is 7.39. The Morgan fingerprint density at radius 2 is 1.83 bits per heavy atom. The Balaban J connectivity index is 1.66. The van der Waals surface area contributed by atoms with Gasteiger partial charge < -0.3 is 5.32 Å². The molecule has 1 N–H and O–H groups in total. The van der Waals surface area contributed by atoms with Crippen molar-refractivity contribution in [2.45, 2.75) is 13.3 Å². The van der Waals surface area contributed by atoms with Gasteiger partial charge in [-0.1, -0.05) is 18.2 Å². The van der Waals surface area contributed by atoms with Crippen LogP contribution in [0.2, 0.25) is 0 Å². The highest BCUT2D eigenvalue weighted by Crippen LogP contribution is 2.12. The molecule has 6 heteroatoms. The summed E-state index contributed by atoms with van der Waals surface area (Å²) in [7, 11) is 0. The fourth-order valence-electron chi connectivity index (χ4n) is 2.17. The fraction of sp³-hybridized carbons (Fsp3) is 0.111. The zero-order valence-electron chi connectivity index (χ0n) is 13.0. The summed E-state index contributed by atoms with van der Waals surface area (Å²) in [6.45, 7) is 1.85. The molecule has 120 valence electrons. The molecule has 2 heterocycles. The van der Waals surface area contributed by atoms with E-state index >= 15 is 0 Å². The van der Waals surface area contributed by atoms with Crippen molar-refractivity contribution >= 4 is 11.7 Å². The molecule has 3 rings (SSSR count). The molecule has 0 saturated heterocycles. The number of nitrogens with zero attached hydrogens (tertiary/aromatic N) is 3. The first-order chi connectivity index (χ1) is 11.6. The minimum atomic E-state index is -0.416. The van der Waals surface area contributed by atoms with Crippen LogP contribution in [0.15, 0.2) is 55.0 Å². The summed E-state index contributed by atoms with van der Waals surface area (Å²) in [5.74, 6) is -0.179. The number of halogens is 1. The van der Waals surface area contributed by atoms with Crippen LogP contribution >= 0.6 is 0 Å². The standard InChI is InChI=1S/C18H15FN4O/c1-12-9-21-17(22-10-12)18(24)23-16-6-5-14(11-20-16)7-13-3-2-4-15(19)8-13/h2-6,8-11H,7H2,1H3,(H,20,23,24). The molecule has 0 radical (unpaired) electrons. The van der Waals surface area contributed by atoms with E-state index in [4.69, 9.17) is 0 Å². The van der Waals surface area contributed by atoms with Crippen molar-refractivity contribution in [1.82, 2.24) is 15.0 Å². The predicted molar refractivity (Wildman–Crippen MR) is 88.2 cm³/mol. The molecule has 1 aromatic carbocycles. The van der Waals surface area contributed by atoms with Crippen LogP contribution in [-0.4, -0.2) is 20.9 Å². The number of carbonyl (C=O) groups excluding carboxylic acids is 1. The van der Waals surface area contributed by atoms with Crippen molar-refractivity contribution in [2.75, 3.05) is 5.32 Å². The van der Waals surface area contributed by atoms with Crippen molar-refractivity contribution < 1.29 is 9.18 Å². The Morgan fingerprint density at radius 3 is 2.50 bits per heavy atom. The van der Waals surface area contributed by atoms with Gasteiger partial charge in [-0.25, -0.2) is 19.3 Å². The first kappa shape index (κ1) is 15.7. The minimum Gasteiger partial charge on any atom is -0.304 e. The number of hydrogen-bond donors (Lipinski definition) is 1. The summed E-state index contributed by atoms with van der Waals surface area (Å²) in [6, 6.07) is 9.96. The third-order valence-corrected chi connectivity index (χ3v) is 3.35. The largest absolute Gasteiger partial charge is 0.304 e. The summed E-state index contributed by atoms with van der Waals surface area (Å²) in [5.41, 5.74) is 2.67. The van der Waals surface area contributed by atoms with Crippen LogP contribution < -0.4 is 5.32 Å². The molecule has 2 aromatic heterocycles. The summed E-state index contributed by atoms with van der Waals surface area (Å²) < 4.78 is 13.2. The molecule has 5 nitrogen and oxygen atoms in total. The van der Waals surface area contributed by atoms with Crippen LogP contribution in [0.5, 0.6) is 0 Å². The Kier molecular flexibility index (Phi) is 4.56. The van der Waals surface area contributed by atoms with Crippen molar-refractivity contribution in [2.24, 2.45) is 0 Å². The number of nitrogens with one attached hydrogen (secondary N) is 1. The lowest BCUT2D eigenvalue weighted by molar-refractivity contribution is 0.101. The van der Waals surface area contributed by atoms with Crippen molar-refractivity contribution in [3.63, 3.8) is 0 Å². The zero-order chi connectivity index (χ0) is 16.9. The monoisotopic (exact) mass is 322 g/mol. The van der Waals surface area contributed by atoms with E-state index in [0.717, 1.165) is 16.7 Å². The summed E-state index contributed by atoms with van der Waals surface area (Å²) in [5, 5.41) is 2.64. The lowest BCUT2D eigenvalue weighted by atomic mass is 10.1. The van der Waals surface area contributed by atoms with Gasteiger partial charge in [0.25, 0.3) is 5.91 Å². The first-order valence-corrected chi connectivity index (χ1v) is 7.39. The Labute approximate surface area is 138 Å². The number of carbonyl (C=O) groups is 1. The lowest BCUT2D eigenvalue weighted by Gasteiger charge is -2.05. The van der Waals surface area contributed by atoms with E-state index in [2.05, 4.69) is 20.3 Å². The van der Waals surface area contributed by atoms with E-state index in [1.807, 2.05) is 19.1 Å². The van der Waals surface area contributed by atoms with Gasteiger partial charge in [0.05, 0.1) is 0 Å². The van der Waals surface area contributed by atoms with Crippen LogP contribution in [0.25, 0.3) is 0 Å². The number of aromatic nitrogens is 3. The van der Waals surface area contributed by atoms with E-state index in [-0.39, 0.29) is 11.6 Å². The van der Waals surface area contributed by atoms with E-state index < -0.39 is 5.91 Å². The van der Waals surface area contributed by atoms with Gasteiger partial charge in [0.15, 0.2) is 0 Å². The SMILES string of the molecule is Cc1cnc(C(=O)Nc2ccc(Cc3cccc(F)c3)cn2)nc1. The minimum absolute atomic E-state index is 0.0891. The van der Waals surface area contributed by atoms with Crippen molar-refractivity contribution in [3.05, 3.63) is 83.3 Å². The lowest BCUT2D eigenvalue weighted by Crippen LogP contribution is -2.16. The van der Waals surface area contributed by atoms with Crippen LogP contribution in [-0.2, 0) is 6.42 Å². The highest BCUT2D eigenvalue weighted by molar-refractivity contribution is 6.00. The van der Waals surface area contributed by atoms with Crippen LogP contribution in [0.4, 0.5) is 10.2 Å². The van der Waals surface area contributed by atoms with Gasteiger partial charge in [-0.3, -0.25) is 4.79 Å². The number of rotatable bonds is 4. The van der Waals surface area contributed by atoms with Gasteiger partial charge in [0, 0.05) is 18.6 Å². The van der Waals surface area contributed by atoms with E-state index in [1.54, 1.807) is 30.7 Å². The molecule has 24 heavy (non-hydrogen) atoms. The molecule has 0 atom stereocenters. The molecule has 0 fully saturated rings. The second kappa shape index (κ2) is 6.95. The van der Waals surface area contributed by atoms with E-state index in [9.17, 15) is 9.18 Å². The van der Waals surface area contributed by atoms with Gasteiger partial charge in [-0.2, -0.15) is 0 Å². The highest BCUT2D eigenvalue weighted by atomic mass is 19.1. The average molecular weight is 322 g/mol. The molecule has 0 spiro atoms. The number of hydrogen-bond acceptors (Lipinski definition) is 4. The zero-order valence-corrected chi connectivity index (χ0v) is 13.0. The average Bonchev–Trinajstić information content (AvgIpc) is 2.57. The van der Waals surface area contributed by atoms with Gasteiger partial charge in [-0.15, -0.1) is 0 Å². The maximum atomic E-state index is 13.2. The Morgan fingerprint density at radius 1 is 1.04 bits per heavy atom. The van der Waals surface area contributed by atoms with Crippen LogP contribution in [0, 0.1) is 12.7 Å². The summed E-state index contributed by atoms with van der Waals surface area (Å²) in [6.07, 6.45) is 5.38. The number of aryl methyl sites for hydroxylation is 1. The van der Waals surface area contributed by atoms with E-state index in [0.29, 0.717) is 12.2 Å². The number of amides is 1. The topological polar surface area (TPSA) is 67.8 Å². The highest BCUT2D eigenvalue weighted by Gasteiger charge is 2.09. The van der Waals surface area contributed by atoms with Crippen molar-refractivity contribution in [3.8, 4) is 0 Å². The van der Waals surface area contributed by atoms with E-state index in [1.165, 1.54) is 12.1 Å². The Bertz CT molecular complexity index is 848. The molecule has 0 bridgehead atoms. The second-order valence-corrected chi connectivity index (χ2v) is 5.40. The molecule has 1 amide bonds. The van der Waals surface area contributed by atoms with Crippen LogP contribution in [0.3, 0.4) is 0 Å². The molecule has 0 unspecified atom stereocenters. The number of benzene rings is 1. The molecule has 0 saturated carbocycles. The maximum Gasteiger partial charge on any atom is 0.294 e. The molecule has 0 aliphatic carbocycles. The van der Waals surface area contributed by atoms with Crippen molar-refractivity contribution in [1.29, 1.82) is 0 Å². The molecular formula is C18H15FN4O. The molecular weight excluding hydrogens is 307 g/mol. The van der Waals surface area contributed by atoms with Gasteiger partial charge in [0.2, 0.25) is 5.82 Å². The molecule has 0 aliphatic rings. The number of pyridine rings is 1. The van der Waals surface area contributed by atoms with Gasteiger partial charge in [0.1, 0.15) is 11.6 Å². The molecule has 3 aromatic rings.